The fourth-order valence-corrected chi connectivity index (χ4v) is 9.82. The minimum absolute atomic E-state index is 0.0273. The van der Waals surface area contributed by atoms with Gasteiger partial charge in [0.05, 0.1) is 11.1 Å². The van der Waals surface area contributed by atoms with Gasteiger partial charge in [0.15, 0.2) is 0 Å². The number of carbonyl (C=O) groups excluding carboxylic acids is 9. The van der Waals surface area contributed by atoms with E-state index in [1.807, 2.05) is 0 Å². The maximum Gasteiger partial charge on any atom is 0.418 e. The molecule has 0 radical (unpaired) electrons. The van der Waals surface area contributed by atoms with Gasteiger partial charge in [-0.3, -0.25) is 48.6 Å². The first-order valence-corrected chi connectivity index (χ1v) is 25.1. The Morgan fingerprint density at radius 2 is 1.41 bits per heavy atom. The van der Waals surface area contributed by atoms with Crippen molar-refractivity contribution in [3.63, 3.8) is 0 Å². The highest BCUT2D eigenvalue weighted by Crippen LogP contribution is 2.46. The predicted molar refractivity (Wildman–Crippen MR) is 257 cm³/mol. The number of hydrogen-bond donors (Lipinski definition) is 3. The zero-order valence-corrected chi connectivity index (χ0v) is 40.7. The van der Waals surface area contributed by atoms with Crippen LogP contribution in [0.2, 0.25) is 0 Å². The lowest BCUT2D eigenvalue weighted by molar-refractivity contribution is -0.187. The Labute approximate surface area is 419 Å². The topological polar surface area (TPSA) is 209 Å². The molecule has 1 unspecified atom stereocenters. The molecule has 73 heavy (non-hydrogen) atoms. The number of alkyl halides is 3. The van der Waals surface area contributed by atoms with Gasteiger partial charge < -0.3 is 20.3 Å². The van der Waals surface area contributed by atoms with E-state index >= 15 is 0 Å². The molecule has 1 aliphatic carbocycles. The maximum atomic E-state index is 13.8. The summed E-state index contributed by atoms with van der Waals surface area (Å²) in [5.74, 6) is -4.88. The number of aryl methyl sites for hydroxylation is 1. The molecule has 2 fully saturated rings. The van der Waals surface area contributed by atoms with Crippen LogP contribution in [0.15, 0.2) is 60.7 Å². The second-order valence-electron chi connectivity index (χ2n) is 19.2. The third kappa shape index (κ3) is 13.0. The molecular formula is C53H60F4N6O10. The van der Waals surface area contributed by atoms with E-state index < -0.39 is 84.3 Å². The number of nitrogens with zero attached hydrogens (tertiary/aromatic N) is 3. The molecule has 7 rings (SSSR count). The minimum Gasteiger partial charge on any atom is -0.427 e. The summed E-state index contributed by atoms with van der Waals surface area (Å²) in [5, 5.41) is 8.34. The van der Waals surface area contributed by atoms with E-state index in [0.29, 0.717) is 64.5 Å². The summed E-state index contributed by atoms with van der Waals surface area (Å²) in [4.78, 5) is 117. The SMILES string of the molecule is C[C@H](N(Cc1ccc(F)cc1)C(=O)CN1C(=O)O[C@@]2(CCc3cc(NC(=O)CCCCC(=O)CCCCCCCCCCCNc4ccc5c(c4)C(=O)N(C4CCC(=O)NC4=O)C5=O)ccc32)C1=O)C(F)(F)F. The number of halogens is 4. The summed E-state index contributed by atoms with van der Waals surface area (Å²) < 4.78 is 60.5. The summed E-state index contributed by atoms with van der Waals surface area (Å²) in [6.45, 7) is -0.0725. The molecule has 3 heterocycles. The molecule has 390 valence electrons. The van der Waals surface area contributed by atoms with Crippen LogP contribution in [0.25, 0.3) is 0 Å². The monoisotopic (exact) mass is 1020 g/mol. The van der Waals surface area contributed by atoms with Crippen LogP contribution in [0.5, 0.6) is 0 Å². The largest absolute Gasteiger partial charge is 0.427 e. The van der Waals surface area contributed by atoms with Crippen LogP contribution in [-0.4, -0.2) is 99.3 Å². The van der Waals surface area contributed by atoms with Gasteiger partial charge in [0.25, 0.3) is 17.7 Å². The fourth-order valence-electron chi connectivity index (χ4n) is 9.82. The fraction of sp³-hybridized carbons (Fsp3) is 0.491. The molecule has 0 bridgehead atoms. The molecule has 2 saturated heterocycles. The highest BCUT2D eigenvalue weighted by Gasteiger charge is 2.59. The first-order valence-electron chi connectivity index (χ1n) is 25.1. The van der Waals surface area contributed by atoms with E-state index in [1.54, 1.807) is 36.4 Å². The van der Waals surface area contributed by atoms with Crippen LogP contribution in [0, 0.1) is 5.82 Å². The molecule has 8 amide bonds. The number of rotatable bonds is 25. The van der Waals surface area contributed by atoms with Gasteiger partial charge in [-0.1, -0.05) is 63.1 Å². The number of anilines is 2. The predicted octanol–water partition coefficient (Wildman–Crippen LogP) is 8.41. The third-order valence-electron chi connectivity index (χ3n) is 14.0. The molecule has 1 spiro atoms. The number of hydrogen-bond acceptors (Lipinski definition) is 11. The Kier molecular flexibility index (Phi) is 17.5. The lowest BCUT2D eigenvalue weighted by Crippen LogP contribution is -2.54. The Morgan fingerprint density at radius 1 is 0.781 bits per heavy atom. The van der Waals surface area contributed by atoms with Gasteiger partial charge in [-0.05, 0) is 99.0 Å². The molecule has 3 N–H and O–H groups in total. The molecule has 3 atom stereocenters. The molecule has 4 aliphatic rings. The second-order valence-corrected chi connectivity index (χ2v) is 19.2. The quantitative estimate of drug-likeness (QED) is 0.0417. The van der Waals surface area contributed by atoms with Crippen molar-refractivity contribution in [2.24, 2.45) is 0 Å². The van der Waals surface area contributed by atoms with Crippen molar-refractivity contribution < 1.29 is 65.4 Å². The van der Waals surface area contributed by atoms with Crippen molar-refractivity contribution in [3.05, 3.63) is 94.3 Å². The zero-order chi connectivity index (χ0) is 52.5. The second kappa shape index (κ2) is 23.7. The number of benzene rings is 3. The first kappa shape index (κ1) is 53.8. The Hall–Kier alpha value is -6.99. The van der Waals surface area contributed by atoms with Crippen LogP contribution < -0.4 is 16.0 Å². The molecule has 3 aromatic rings. The van der Waals surface area contributed by atoms with Crippen LogP contribution in [0.3, 0.4) is 0 Å². The van der Waals surface area contributed by atoms with Crippen molar-refractivity contribution in [1.29, 1.82) is 0 Å². The number of piperidine rings is 1. The molecule has 16 nitrogen and oxygen atoms in total. The van der Waals surface area contributed by atoms with E-state index in [9.17, 15) is 60.7 Å². The molecular weight excluding hydrogens is 957 g/mol. The summed E-state index contributed by atoms with van der Waals surface area (Å²) in [6.07, 6.45) is 5.82. The molecule has 0 aromatic heterocycles. The van der Waals surface area contributed by atoms with Crippen LogP contribution in [0.1, 0.15) is 153 Å². The van der Waals surface area contributed by atoms with Crippen LogP contribution >= 0.6 is 0 Å². The number of nitrogens with one attached hydrogen (secondary N) is 3. The van der Waals surface area contributed by atoms with Crippen molar-refractivity contribution in [1.82, 2.24) is 20.0 Å². The van der Waals surface area contributed by atoms with Crippen molar-refractivity contribution in [3.8, 4) is 0 Å². The number of ether oxygens (including phenoxy) is 1. The summed E-state index contributed by atoms with van der Waals surface area (Å²) in [6, 6.07) is 11.0. The van der Waals surface area contributed by atoms with Gasteiger partial charge >= 0.3 is 12.3 Å². The van der Waals surface area contributed by atoms with E-state index in [2.05, 4.69) is 16.0 Å². The number of imide groups is 3. The summed E-state index contributed by atoms with van der Waals surface area (Å²) in [5.41, 5.74) is 1.05. The maximum absolute atomic E-state index is 13.8. The number of ketones is 1. The molecule has 3 aromatic carbocycles. The minimum atomic E-state index is -4.83. The van der Waals surface area contributed by atoms with Gasteiger partial charge in [-0.15, -0.1) is 0 Å². The Morgan fingerprint density at radius 3 is 2.10 bits per heavy atom. The number of Topliss-reactive ketones (excluding diaryl/α,β-unsaturated/α-hetero) is 1. The summed E-state index contributed by atoms with van der Waals surface area (Å²) >= 11 is 0. The van der Waals surface area contributed by atoms with Gasteiger partial charge in [0.1, 0.15) is 30.2 Å². The van der Waals surface area contributed by atoms with E-state index in [0.717, 1.165) is 81.7 Å². The van der Waals surface area contributed by atoms with Crippen molar-refractivity contribution in [2.75, 3.05) is 23.7 Å². The standard InChI is InChI=1S/C53H60F4N6O10/c1-33(53(55,56)57)61(31-34-16-18-36(54)19-17-34)46(67)32-62-50(71)52(73-51(62)72)27-26-35-29-38(21-23-42(35)52)59-44(65)15-11-10-14-39(64)13-9-7-5-3-2-4-6-8-12-28-58-37-20-22-40-41(30-37)49(70)63(48(40)69)43-24-25-45(66)60-47(43)68/h16-23,29-30,33,43,58H,2-15,24-28,31-32H2,1H3,(H,59,65)(H,60,66,68)/t33-,43?,52+/m0/s1. The normalized spacial score (nSPS) is 18.7. The number of fused-ring (bicyclic) bond motifs is 3. The van der Waals surface area contributed by atoms with E-state index in [1.165, 1.54) is 12.1 Å². The van der Waals surface area contributed by atoms with Crippen molar-refractivity contribution >= 4 is 64.6 Å². The molecule has 3 aliphatic heterocycles. The number of unbranched alkanes of at least 4 members (excludes halogenated alkanes) is 9. The van der Waals surface area contributed by atoms with E-state index in [4.69, 9.17) is 4.74 Å². The van der Waals surface area contributed by atoms with Gasteiger partial charge in [-0.25, -0.2) is 14.1 Å². The highest BCUT2D eigenvalue weighted by atomic mass is 19.4. The van der Waals surface area contributed by atoms with Gasteiger partial charge in [0.2, 0.25) is 29.2 Å². The number of amides is 8. The average molecular weight is 1020 g/mol. The van der Waals surface area contributed by atoms with Crippen LogP contribution in [0.4, 0.5) is 33.7 Å². The Balaban J connectivity index is 0.725. The number of carbonyl (C=O) groups is 9. The average Bonchev–Trinajstić information content (AvgIpc) is 3.92. The Bertz CT molecular complexity index is 2620. The van der Waals surface area contributed by atoms with E-state index in [-0.39, 0.29) is 60.5 Å². The zero-order valence-electron chi connectivity index (χ0n) is 40.7. The van der Waals surface area contributed by atoms with Crippen LogP contribution in [-0.2, 0) is 52.1 Å². The molecule has 20 heteroatoms. The lowest BCUT2D eigenvalue weighted by atomic mass is 9.94. The lowest BCUT2D eigenvalue weighted by Gasteiger charge is -2.31. The first-order chi connectivity index (χ1) is 34.9. The molecule has 0 saturated carbocycles. The third-order valence-corrected chi connectivity index (χ3v) is 14.0. The van der Waals surface area contributed by atoms with Gasteiger partial charge in [-0.2, -0.15) is 13.2 Å². The van der Waals surface area contributed by atoms with Crippen molar-refractivity contribution in [2.45, 2.75) is 153 Å². The smallest absolute Gasteiger partial charge is 0.418 e. The highest BCUT2D eigenvalue weighted by molar-refractivity contribution is 6.23. The van der Waals surface area contributed by atoms with Gasteiger partial charge in [0, 0.05) is 62.1 Å². The summed E-state index contributed by atoms with van der Waals surface area (Å²) in [7, 11) is 0.